The third kappa shape index (κ3) is 50.4. The van der Waals surface area contributed by atoms with Gasteiger partial charge in [-0.05, 0) is 135 Å². The number of hydrogen-bond acceptors (Lipinski definition) is 3. The van der Waals surface area contributed by atoms with Crippen molar-refractivity contribution in [3.63, 3.8) is 0 Å². The van der Waals surface area contributed by atoms with Gasteiger partial charge < -0.3 is 15.5 Å². The van der Waals surface area contributed by atoms with Crippen LogP contribution in [0.15, 0.2) is 182 Å². The molecular weight excluding hydrogens is 795 g/mol. The second-order valence-electron chi connectivity index (χ2n) is 16.1. The molecule has 1 amide bonds. The summed E-state index contributed by atoms with van der Waals surface area (Å²) in [6.07, 6.45) is 90.2. The molecule has 0 aromatic heterocycles. The van der Waals surface area contributed by atoms with Crippen LogP contribution in [0.25, 0.3) is 0 Å². The second kappa shape index (κ2) is 53.8. The van der Waals surface area contributed by atoms with E-state index < -0.39 is 12.1 Å². The fourth-order valence-corrected chi connectivity index (χ4v) is 6.25. The van der Waals surface area contributed by atoms with Crippen molar-refractivity contribution in [2.75, 3.05) is 6.61 Å². The lowest BCUT2D eigenvalue weighted by Crippen LogP contribution is -2.45. The van der Waals surface area contributed by atoms with Crippen LogP contribution >= 0.6 is 0 Å². The molecule has 0 heterocycles. The number of carbonyl (C=O) groups is 1. The lowest BCUT2D eigenvalue weighted by molar-refractivity contribution is -0.123. The Morgan fingerprint density at radius 3 is 1.05 bits per heavy atom. The van der Waals surface area contributed by atoms with Crippen molar-refractivity contribution in [3.8, 4) is 0 Å². The van der Waals surface area contributed by atoms with Crippen LogP contribution in [0.5, 0.6) is 0 Å². The summed E-state index contributed by atoms with van der Waals surface area (Å²) in [5.74, 6) is -0.130. The zero-order valence-electron chi connectivity index (χ0n) is 41.2. The van der Waals surface area contributed by atoms with Crippen LogP contribution in [0.4, 0.5) is 0 Å². The molecule has 0 saturated carbocycles. The molecule has 2 unspecified atom stereocenters. The van der Waals surface area contributed by atoms with Crippen LogP contribution in [-0.4, -0.2) is 34.9 Å². The van der Waals surface area contributed by atoms with E-state index in [4.69, 9.17) is 0 Å². The van der Waals surface area contributed by atoms with Crippen LogP contribution in [0.2, 0.25) is 0 Å². The van der Waals surface area contributed by atoms with Gasteiger partial charge >= 0.3 is 0 Å². The monoisotopic (exact) mass is 888 g/mol. The van der Waals surface area contributed by atoms with E-state index in [1.165, 1.54) is 32.1 Å². The number of unbranched alkanes of at least 4 members (excludes halogenated alkanes) is 8. The Bertz CT molecular complexity index is 1520. The number of aliphatic hydroxyl groups excluding tert-OH is 2. The average molecular weight is 888 g/mol. The van der Waals surface area contributed by atoms with E-state index in [9.17, 15) is 15.0 Å². The SMILES string of the molecule is CC/C=C\C/C=C\C/C=C\C/C=C\C/C=C\C/C=C\C/C=C\C/C=C\C/C=C\C/C=C\C/C=C\C/C=C\CCCCC(=O)NC(CO)C(O)/C=C/CC/C=C/CC/C=C/CCCCCC. The van der Waals surface area contributed by atoms with Crippen molar-refractivity contribution in [2.45, 2.75) is 187 Å². The number of amides is 1. The fourth-order valence-electron chi connectivity index (χ4n) is 6.25. The van der Waals surface area contributed by atoms with Gasteiger partial charge in [0, 0.05) is 6.42 Å². The minimum absolute atomic E-state index is 0.130. The first-order valence-electron chi connectivity index (χ1n) is 25.5. The van der Waals surface area contributed by atoms with Crippen molar-refractivity contribution in [1.29, 1.82) is 0 Å². The van der Waals surface area contributed by atoms with Crippen LogP contribution in [-0.2, 0) is 4.79 Å². The smallest absolute Gasteiger partial charge is 0.220 e. The Hall–Kier alpha value is -4.51. The van der Waals surface area contributed by atoms with Crippen molar-refractivity contribution < 1.29 is 15.0 Å². The molecule has 360 valence electrons. The molecule has 3 N–H and O–H groups in total. The molecule has 4 heteroatoms. The maximum atomic E-state index is 12.4. The number of nitrogens with one attached hydrogen (secondary N) is 1. The van der Waals surface area contributed by atoms with Gasteiger partial charge in [0.15, 0.2) is 0 Å². The second-order valence-corrected chi connectivity index (χ2v) is 16.1. The third-order valence-corrected chi connectivity index (χ3v) is 10.1. The Morgan fingerprint density at radius 1 is 0.385 bits per heavy atom. The van der Waals surface area contributed by atoms with Crippen molar-refractivity contribution in [1.82, 2.24) is 5.32 Å². The molecule has 0 aromatic carbocycles. The van der Waals surface area contributed by atoms with Crippen LogP contribution < -0.4 is 5.32 Å². The maximum Gasteiger partial charge on any atom is 0.220 e. The quantitative estimate of drug-likeness (QED) is 0.0422. The van der Waals surface area contributed by atoms with Gasteiger partial charge in [-0.1, -0.05) is 215 Å². The molecule has 0 bridgehead atoms. The van der Waals surface area contributed by atoms with Gasteiger partial charge in [0.25, 0.3) is 0 Å². The molecular formula is C61H93NO3. The molecule has 0 aromatic rings. The number of carbonyl (C=O) groups excluding carboxylic acids is 1. The molecule has 0 aliphatic rings. The van der Waals surface area contributed by atoms with E-state index in [-0.39, 0.29) is 12.5 Å². The van der Waals surface area contributed by atoms with E-state index in [2.05, 4.69) is 189 Å². The first-order valence-corrected chi connectivity index (χ1v) is 25.5. The predicted molar refractivity (Wildman–Crippen MR) is 289 cm³/mol. The average Bonchev–Trinajstić information content (AvgIpc) is 3.31. The van der Waals surface area contributed by atoms with Gasteiger partial charge in [0.2, 0.25) is 5.91 Å². The van der Waals surface area contributed by atoms with Gasteiger partial charge in [-0.2, -0.15) is 0 Å². The number of rotatable bonds is 43. The molecule has 0 saturated heterocycles. The number of aliphatic hydroxyl groups is 2. The van der Waals surface area contributed by atoms with Gasteiger partial charge in [-0.25, -0.2) is 0 Å². The van der Waals surface area contributed by atoms with Crippen LogP contribution in [0.3, 0.4) is 0 Å². The van der Waals surface area contributed by atoms with E-state index in [1.807, 2.05) is 6.08 Å². The molecule has 0 radical (unpaired) electrons. The molecule has 4 nitrogen and oxygen atoms in total. The summed E-state index contributed by atoms with van der Waals surface area (Å²) in [7, 11) is 0. The lowest BCUT2D eigenvalue weighted by Gasteiger charge is -2.19. The Morgan fingerprint density at radius 2 is 0.692 bits per heavy atom. The van der Waals surface area contributed by atoms with E-state index in [0.29, 0.717) is 6.42 Å². The normalized spacial score (nSPS) is 14.5. The third-order valence-electron chi connectivity index (χ3n) is 10.1. The lowest BCUT2D eigenvalue weighted by atomic mass is 10.1. The van der Waals surface area contributed by atoms with E-state index >= 15 is 0 Å². The molecule has 2 atom stereocenters. The van der Waals surface area contributed by atoms with Crippen LogP contribution in [0, 0.1) is 0 Å². The Kier molecular flexibility index (Phi) is 50.1. The predicted octanol–water partition coefficient (Wildman–Crippen LogP) is 17.0. The van der Waals surface area contributed by atoms with Gasteiger partial charge in [0.05, 0.1) is 18.8 Å². The highest BCUT2D eigenvalue weighted by Crippen LogP contribution is 2.07. The highest BCUT2D eigenvalue weighted by molar-refractivity contribution is 5.76. The topological polar surface area (TPSA) is 69.6 Å². The van der Waals surface area contributed by atoms with Crippen molar-refractivity contribution in [3.05, 3.63) is 182 Å². The molecule has 65 heavy (non-hydrogen) atoms. The highest BCUT2D eigenvalue weighted by Gasteiger charge is 2.17. The molecule has 0 spiro atoms. The van der Waals surface area contributed by atoms with Crippen LogP contribution in [0.1, 0.15) is 174 Å². The van der Waals surface area contributed by atoms with Gasteiger partial charge in [-0.3, -0.25) is 4.79 Å². The Balaban J connectivity index is 3.80. The van der Waals surface area contributed by atoms with Crippen molar-refractivity contribution in [2.24, 2.45) is 0 Å². The molecule has 0 aliphatic heterocycles. The first-order chi connectivity index (χ1) is 32.2. The van der Waals surface area contributed by atoms with E-state index in [0.717, 1.165) is 122 Å². The zero-order chi connectivity index (χ0) is 47.0. The van der Waals surface area contributed by atoms with Gasteiger partial charge in [-0.15, -0.1) is 0 Å². The summed E-state index contributed by atoms with van der Waals surface area (Å²) in [4.78, 5) is 12.4. The minimum atomic E-state index is -0.901. The highest BCUT2D eigenvalue weighted by atomic mass is 16.3. The fraction of sp³-hybridized carbons (Fsp3) is 0.492. The van der Waals surface area contributed by atoms with E-state index in [1.54, 1.807) is 6.08 Å². The largest absolute Gasteiger partial charge is 0.394 e. The molecule has 0 rings (SSSR count). The summed E-state index contributed by atoms with van der Waals surface area (Å²) in [6.45, 7) is 4.11. The molecule has 0 fully saturated rings. The standard InChI is InChI=1S/C61H93NO3/c1-3-5-7-9-11-13-15-17-19-20-21-22-23-24-25-26-27-28-29-30-31-32-33-34-35-36-37-38-39-40-41-42-43-45-47-49-51-53-55-57-61(65)62-59(58-63)60(64)56-54-52-50-48-46-44-18-16-14-12-10-8-6-4-2/h5,7,11,13-14,16-17,19,21-22,24-25,27-28,30-31,33-34,36-37,39-40,42-43,46-49,54,56,59-60,63-64H,3-4,6,8-10,12,15,18,20,23,26,29,32,35,38,41,44-45,50-53,55,57-58H2,1-2H3,(H,62,65)/b7-5-,13-11-,16-14+,19-17-,22-21-,25-24-,28-27-,31-30-,34-33-,37-36-,40-39-,43-42-,48-46+,49-47-,56-54+. The number of hydrogen-bond donors (Lipinski definition) is 3. The first kappa shape index (κ1) is 60.5. The van der Waals surface area contributed by atoms with Gasteiger partial charge in [0.1, 0.15) is 0 Å². The summed E-state index contributed by atoms with van der Waals surface area (Å²) in [5.41, 5.74) is 0. The maximum absolute atomic E-state index is 12.4. The summed E-state index contributed by atoms with van der Waals surface area (Å²) in [6, 6.07) is -0.682. The zero-order valence-corrected chi connectivity index (χ0v) is 41.2. The number of allylic oxidation sites excluding steroid dienone is 29. The minimum Gasteiger partial charge on any atom is -0.394 e. The summed E-state index contributed by atoms with van der Waals surface area (Å²) < 4.78 is 0. The summed E-state index contributed by atoms with van der Waals surface area (Å²) >= 11 is 0. The summed E-state index contributed by atoms with van der Waals surface area (Å²) in [5, 5.41) is 22.9. The Labute approximate surface area is 400 Å². The van der Waals surface area contributed by atoms with Crippen molar-refractivity contribution >= 4 is 5.91 Å². The molecule has 0 aliphatic carbocycles.